The van der Waals surface area contributed by atoms with E-state index in [-0.39, 0.29) is 29.4 Å². The topological polar surface area (TPSA) is 98.1 Å². The van der Waals surface area contributed by atoms with Crippen molar-refractivity contribution < 1.29 is 14.3 Å². The van der Waals surface area contributed by atoms with Crippen molar-refractivity contribution in [2.75, 3.05) is 6.54 Å². The zero-order chi connectivity index (χ0) is 25.1. The first-order chi connectivity index (χ1) is 17.5. The molecule has 0 saturated carbocycles. The van der Waals surface area contributed by atoms with Gasteiger partial charge >= 0.3 is 0 Å². The van der Waals surface area contributed by atoms with Gasteiger partial charge in [-0.3, -0.25) is 9.78 Å². The van der Waals surface area contributed by atoms with Crippen molar-refractivity contribution in [3.05, 3.63) is 106 Å². The summed E-state index contributed by atoms with van der Waals surface area (Å²) in [5, 5.41) is 25.1. The number of amides is 1. The number of halogens is 1. The minimum absolute atomic E-state index is 0.0109. The normalized spacial score (nSPS) is 13.6. The number of rotatable bonds is 7. The lowest BCUT2D eigenvalue weighted by Crippen LogP contribution is -2.30. The third kappa shape index (κ3) is 5.05. The molecule has 0 aliphatic carbocycles. The second-order valence-corrected chi connectivity index (χ2v) is 9.78. The molecule has 0 bridgehead atoms. The molecule has 6 nitrogen and oxygen atoms in total. The summed E-state index contributed by atoms with van der Waals surface area (Å²) in [7, 11) is 0. The third-order valence-electron chi connectivity index (χ3n) is 6.31. The molecule has 1 amide bonds. The van der Waals surface area contributed by atoms with Crippen LogP contribution in [-0.4, -0.2) is 28.3 Å². The molecule has 4 N–H and O–H groups in total. The molecule has 182 valence electrons. The van der Waals surface area contributed by atoms with Crippen LogP contribution in [0.15, 0.2) is 73.1 Å². The van der Waals surface area contributed by atoms with E-state index in [1.807, 2.05) is 6.07 Å². The number of aromatic nitrogens is 1. The van der Waals surface area contributed by atoms with Gasteiger partial charge in [-0.05, 0) is 66.1 Å². The van der Waals surface area contributed by atoms with E-state index in [2.05, 4.69) is 33.8 Å². The first-order valence-electron chi connectivity index (χ1n) is 11.7. The predicted molar refractivity (Wildman–Crippen MR) is 139 cm³/mol. The van der Waals surface area contributed by atoms with Crippen molar-refractivity contribution in [3.8, 4) is 16.2 Å². The summed E-state index contributed by atoms with van der Waals surface area (Å²) in [6, 6.07) is 16.5. The van der Waals surface area contributed by atoms with Gasteiger partial charge in [-0.25, -0.2) is 4.39 Å². The summed E-state index contributed by atoms with van der Waals surface area (Å²) in [6.07, 6.45) is 4.11. The smallest absolute Gasteiger partial charge is 0.261 e. The molecule has 0 spiro atoms. The number of phenolic OH excluding ortho intramolecular Hbond substituents is 1. The van der Waals surface area contributed by atoms with Crippen LogP contribution in [0.4, 0.5) is 4.39 Å². The summed E-state index contributed by atoms with van der Waals surface area (Å²) in [6.45, 7) is 1.82. The highest BCUT2D eigenvalue weighted by Crippen LogP contribution is 2.33. The van der Waals surface area contributed by atoms with Gasteiger partial charge in [-0.2, -0.15) is 0 Å². The molecular formula is C28H25FN4O2S. The highest BCUT2D eigenvalue weighted by Gasteiger charge is 2.25. The fraction of sp³-hybridized carbons (Fsp3) is 0.179. The molecule has 2 aromatic heterocycles. The maximum atomic E-state index is 14.8. The predicted octanol–water partition coefficient (Wildman–Crippen LogP) is 5.23. The summed E-state index contributed by atoms with van der Waals surface area (Å²) >= 11 is 1.36. The van der Waals surface area contributed by atoms with Gasteiger partial charge < -0.3 is 21.1 Å². The molecule has 2 aromatic carbocycles. The van der Waals surface area contributed by atoms with Crippen LogP contribution in [0, 0.1) is 11.2 Å². The van der Waals surface area contributed by atoms with Crippen molar-refractivity contribution >= 4 is 23.0 Å². The first kappa shape index (κ1) is 23.8. The Hall–Kier alpha value is -3.88. The van der Waals surface area contributed by atoms with Crippen LogP contribution in [-0.2, 0) is 13.0 Å². The molecule has 0 saturated heterocycles. The Bertz CT molecular complexity index is 1400. The van der Waals surface area contributed by atoms with Crippen molar-refractivity contribution in [2.24, 2.45) is 0 Å². The molecule has 1 atom stereocenters. The third-order valence-corrected chi connectivity index (χ3v) is 7.44. The quantitative estimate of drug-likeness (QED) is 0.261. The number of pyridine rings is 1. The molecule has 0 fully saturated rings. The van der Waals surface area contributed by atoms with Crippen LogP contribution in [0.3, 0.4) is 0 Å². The maximum absolute atomic E-state index is 14.8. The Balaban J connectivity index is 1.40. The van der Waals surface area contributed by atoms with Gasteiger partial charge in [0.25, 0.3) is 5.91 Å². The minimum Gasteiger partial charge on any atom is -0.507 e. The van der Waals surface area contributed by atoms with Crippen LogP contribution < -0.4 is 10.6 Å². The molecule has 1 unspecified atom stereocenters. The second-order valence-electron chi connectivity index (χ2n) is 8.70. The van der Waals surface area contributed by atoms with E-state index >= 15 is 0 Å². The standard InChI is InChI=1S/C28H25FN4O2S/c29-21-4-1-5-24(34)27(21)23(14-22(30)20-3-2-11-31-16-20)33-28(35)26-9-8-25(36-26)18-6-7-19-15-32-12-10-17(19)13-18/h1-9,11,13,16,23,30,32,34H,10,12,14-15H2,(H,33,35). The molecule has 3 heterocycles. The zero-order valence-electron chi connectivity index (χ0n) is 19.4. The lowest BCUT2D eigenvalue weighted by Gasteiger charge is -2.21. The lowest BCUT2D eigenvalue weighted by atomic mass is 9.96. The van der Waals surface area contributed by atoms with E-state index < -0.39 is 11.9 Å². The number of aromatic hydroxyl groups is 1. The van der Waals surface area contributed by atoms with E-state index in [0.29, 0.717) is 10.4 Å². The Morgan fingerprint density at radius 3 is 2.86 bits per heavy atom. The number of nitrogens with one attached hydrogen (secondary N) is 3. The average Bonchev–Trinajstić information content (AvgIpc) is 3.39. The lowest BCUT2D eigenvalue weighted by molar-refractivity contribution is 0.0941. The Morgan fingerprint density at radius 2 is 2.06 bits per heavy atom. The van der Waals surface area contributed by atoms with Gasteiger partial charge in [-0.15, -0.1) is 11.3 Å². The van der Waals surface area contributed by atoms with Gasteiger partial charge in [0.1, 0.15) is 11.6 Å². The SMILES string of the molecule is N=C(CC(NC(=O)c1ccc(-c2ccc3c(c2)CCNC3)s1)c1c(O)cccc1F)c1cccnc1. The molecule has 36 heavy (non-hydrogen) atoms. The molecule has 0 radical (unpaired) electrons. The van der Waals surface area contributed by atoms with E-state index in [9.17, 15) is 14.3 Å². The van der Waals surface area contributed by atoms with E-state index in [1.165, 1.54) is 40.7 Å². The number of phenols is 1. The maximum Gasteiger partial charge on any atom is 0.261 e. The van der Waals surface area contributed by atoms with Crippen molar-refractivity contribution in [1.82, 2.24) is 15.6 Å². The number of thiophene rings is 1. The Labute approximate surface area is 212 Å². The molecular weight excluding hydrogens is 475 g/mol. The van der Waals surface area contributed by atoms with E-state index in [0.717, 1.165) is 30.0 Å². The number of benzene rings is 2. The average molecular weight is 501 g/mol. The van der Waals surface area contributed by atoms with Gasteiger partial charge in [0, 0.05) is 41.5 Å². The first-order valence-corrected chi connectivity index (χ1v) is 12.5. The highest BCUT2D eigenvalue weighted by atomic mass is 32.1. The van der Waals surface area contributed by atoms with Crippen molar-refractivity contribution in [2.45, 2.75) is 25.4 Å². The number of hydrogen-bond donors (Lipinski definition) is 4. The van der Waals surface area contributed by atoms with Crippen LogP contribution in [0.5, 0.6) is 5.75 Å². The van der Waals surface area contributed by atoms with Crippen molar-refractivity contribution in [3.63, 3.8) is 0 Å². The Kier molecular flexibility index (Phi) is 6.88. The summed E-state index contributed by atoms with van der Waals surface area (Å²) < 4.78 is 14.8. The van der Waals surface area contributed by atoms with E-state index in [1.54, 1.807) is 30.6 Å². The van der Waals surface area contributed by atoms with Gasteiger partial charge in [0.15, 0.2) is 0 Å². The summed E-state index contributed by atoms with van der Waals surface area (Å²) in [4.78, 5) is 18.7. The summed E-state index contributed by atoms with van der Waals surface area (Å²) in [5.41, 5.74) is 4.36. The van der Waals surface area contributed by atoms with Crippen LogP contribution in [0.2, 0.25) is 0 Å². The molecule has 8 heteroatoms. The van der Waals surface area contributed by atoms with Crippen LogP contribution in [0.1, 0.15) is 44.4 Å². The minimum atomic E-state index is -0.937. The molecule has 4 aromatic rings. The van der Waals surface area contributed by atoms with E-state index in [4.69, 9.17) is 5.41 Å². The van der Waals surface area contributed by atoms with Crippen LogP contribution in [0.25, 0.3) is 10.4 Å². The van der Waals surface area contributed by atoms with Crippen molar-refractivity contribution in [1.29, 1.82) is 5.41 Å². The highest BCUT2D eigenvalue weighted by molar-refractivity contribution is 7.17. The number of hydrogen-bond acceptors (Lipinski definition) is 6. The molecule has 1 aliphatic heterocycles. The zero-order valence-corrected chi connectivity index (χ0v) is 20.2. The fourth-order valence-electron chi connectivity index (χ4n) is 4.43. The molecule has 5 rings (SSSR count). The second kappa shape index (κ2) is 10.4. The monoisotopic (exact) mass is 500 g/mol. The van der Waals surface area contributed by atoms with Gasteiger partial charge in [0.2, 0.25) is 0 Å². The number of carbonyl (C=O) groups is 1. The Morgan fingerprint density at radius 1 is 1.17 bits per heavy atom. The summed E-state index contributed by atoms with van der Waals surface area (Å²) in [5.74, 6) is -1.30. The van der Waals surface area contributed by atoms with Gasteiger partial charge in [0.05, 0.1) is 16.5 Å². The largest absolute Gasteiger partial charge is 0.507 e. The number of nitrogens with zero attached hydrogens (tertiary/aromatic N) is 1. The molecule has 1 aliphatic rings. The van der Waals surface area contributed by atoms with Gasteiger partial charge in [-0.1, -0.05) is 24.3 Å². The fourth-order valence-corrected chi connectivity index (χ4v) is 5.34. The number of fused-ring (bicyclic) bond motifs is 1. The number of carbonyl (C=O) groups excluding carboxylic acids is 1. The van der Waals surface area contributed by atoms with Crippen LogP contribution >= 0.6 is 11.3 Å².